The van der Waals surface area contributed by atoms with Crippen LogP contribution in [0, 0.1) is 31.6 Å². The molecule has 174 valence electrons. The number of benzene rings is 1. The first-order chi connectivity index (χ1) is 17.0. The van der Waals surface area contributed by atoms with Gasteiger partial charge < -0.3 is 10.6 Å². The first-order valence-corrected chi connectivity index (χ1v) is 11.7. The lowest BCUT2D eigenvalue weighted by molar-refractivity contribution is 0.0959. The molecule has 3 aromatic heterocycles. The fourth-order valence-corrected chi connectivity index (χ4v) is 3.84. The van der Waals surface area contributed by atoms with Crippen molar-refractivity contribution < 1.29 is 4.79 Å². The maximum atomic E-state index is 12.7. The van der Waals surface area contributed by atoms with Gasteiger partial charge in [-0.2, -0.15) is 5.10 Å². The third-order valence-corrected chi connectivity index (χ3v) is 5.66. The summed E-state index contributed by atoms with van der Waals surface area (Å²) in [7, 11) is 0. The van der Waals surface area contributed by atoms with Crippen molar-refractivity contribution >= 4 is 40.5 Å². The molecule has 5 rings (SSSR count). The van der Waals surface area contributed by atoms with E-state index < -0.39 is 0 Å². The number of amides is 1. The van der Waals surface area contributed by atoms with Crippen LogP contribution in [0.25, 0.3) is 23.1 Å². The van der Waals surface area contributed by atoms with Gasteiger partial charge in [-0.3, -0.25) is 14.9 Å². The summed E-state index contributed by atoms with van der Waals surface area (Å²) in [5.74, 6) is 6.96. The second kappa shape index (κ2) is 9.82. The number of H-pyrrole nitrogens is 1. The van der Waals surface area contributed by atoms with Crippen LogP contribution in [0.3, 0.4) is 0 Å². The van der Waals surface area contributed by atoms with Crippen LogP contribution in [0.15, 0.2) is 48.7 Å². The fourth-order valence-electron chi connectivity index (χ4n) is 3.84. The highest BCUT2D eigenvalue weighted by molar-refractivity contribution is 6.00. The van der Waals surface area contributed by atoms with E-state index in [0.717, 1.165) is 33.7 Å². The van der Waals surface area contributed by atoms with Crippen LogP contribution in [0.4, 0.5) is 11.5 Å². The zero-order chi connectivity index (χ0) is 24.2. The molecule has 0 spiro atoms. The molecule has 0 radical (unpaired) electrons. The van der Waals surface area contributed by atoms with Crippen LogP contribution in [0.2, 0.25) is 0 Å². The molecule has 0 saturated heterocycles. The minimum absolute atomic E-state index is 0.208. The molecule has 3 heterocycles. The second-order valence-corrected chi connectivity index (χ2v) is 8.72. The summed E-state index contributed by atoms with van der Waals surface area (Å²) in [6.07, 6.45) is 7.92. The summed E-state index contributed by atoms with van der Waals surface area (Å²) in [5.41, 5.74) is 6.04. The Balaban J connectivity index is 1.31. The van der Waals surface area contributed by atoms with Crippen molar-refractivity contribution in [3.63, 3.8) is 0 Å². The predicted octanol–water partition coefficient (Wildman–Crippen LogP) is 5.03. The van der Waals surface area contributed by atoms with Crippen molar-refractivity contribution in [2.75, 3.05) is 11.9 Å². The first-order valence-electron chi connectivity index (χ1n) is 11.7. The number of anilines is 2. The summed E-state index contributed by atoms with van der Waals surface area (Å²) in [5, 5.41) is 14.6. The molecule has 7 heteroatoms. The standard InChI is InChI=1S/C28H26N6O/c1-18-15-19(2)31-21(16-18)10-12-25-23-11-9-22(17-26(23)34-33-25)32-27-24(6-4-13-29-27)28(35)30-14-3-5-20-7-8-20/h4,6,9-13,15-17,20H,7-8,14H2,1-2H3,(H,29,32)(H,30,35)(H,33,34)/b12-10+. The molecule has 1 aromatic carbocycles. The van der Waals surface area contributed by atoms with E-state index in [2.05, 4.69) is 55.6 Å². The number of rotatable bonds is 6. The van der Waals surface area contributed by atoms with Crippen LogP contribution in [0.1, 0.15) is 45.8 Å². The average molecular weight is 463 g/mol. The van der Waals surface area contributed by atoms with Gasteiger partial charge in [-0.1, -0.05) is 11.8 Å². The Labute approximate surface area is 204 Å². The van der Waals surface area contributed by atoms with Gasteiger partial charge in [0.25, 0.3) is 5.91 Å². The fraction of sp³-hybridized carbons (Fsp3) is 0.214. The van der Waals surface area contributed by atoms with Gasteiger partial charge in [-0.25, -0.2) is 4.98 Å². The topological polar surface area (TPSA) is 95.6 Å². The van der Waals surface area contributed by atoms with Gasteiger partial charge in [0.1, 0.15) is 5.82 Å². The molecule has 1 aliphatic carbocycles. The number of nitrogens with one attached hydrogen (secondary N) is 3. The summed E-state index contributed by atoms with van der Waals surface area (Å²) in [6.45, 7) is 4.38. The maximum Gasteiger partial charge on any atom is 0.255 e. The number of carbonyl (C=O) groups is 1. The Hall–Kier alpha value is -4.44. The normalized spacial score (nSPS) is 13.0. The lowest BCUT2D eigenvalue weighted by Gasteiger charge is -2.10. The van der Waals surface area contributed by atoms with E-state index in [1.165, 1.54) is 18.4 Å². The minimum Gasteiger partial charge on any atom is -0.341 e. The highest BCUT2D eigenvalue weighted by atomic mass is 16.1. The van der Waals surface area contributed by atoms with E-state index in [9.17, 15) is 4.79 Å². The number of hydrogen-bond donors (Lipinski definition) is 3. The number of nitrogens with zero attached hydrogens (tertiary/aromatic N) is 3. The monoisotopic (exact) mass is 462 g/mol. The molecule has 35 heavy (non-hydrogen) atoms. The third-order valence-electron chi connectivity index (χ3n) is 5.66. The van der Waals surface area contributed by atoms with E-state index in [1.807, 2.05) is 43.3 Å². The summed E-state index contributed by atoms with van der Waals surface area (Å²) in [6, 6.07) is 13.5. The Morgan fingerprint density at radius 3 is 2.89 bits per heavy atom. The van der Waals surface area contributed by atoms with Crippen LogP contribution in [-0.4, -0.2) is 32.6 Å². The van der Waals surface area contributed by atoms with Crippen molar-refractivity contribution in [1.82, 2.24) is 25.5 Å². The largest absolute Gasteiger partial charge is 0.341 e. The SMILES string of the molecule is Cc1cc(C)nc(/C=C/c2n[nH]c3cc(Nc4ncccc4C(=O)NCC#CC4CC4)ccc23)c1. The number of pyridine rings is 2. The van der Waals surface area contributed by atoms with Gasteiger partial charge in [0.05, 0.1) is 29.0 Å². The number of fused-ring (bicyclic) bond motifs is 1. The Morgan fingerprint density at radius 2 is 2.06 bits per heavy atom. The van der Waals surface area contributed by atoms with Gasteiger partial charge in [-0.05, 0) is 86.9 Å². The Morgan fingerprint density at radius 1 is 1.17 bits per heavy atom. The molecular formula is C28H26N6O. The van der Waals surface area contributed by atoms with Crippen molar-refractivity contribution in [1.29, 1.82) is 0 Å². The Bertz CT molecular complexity index is 1470. The number of hydrogen-bond acceptors (Lipinski definition) is 5. The number of aromatic nitrogens is 4. The van der Waals surface area contributed by atoms with Crippen molar-refractivity contribution in [3.05, 3.63) is 76.9 Å². The summed E-state index contributed by atoms with van der Waals surface area (Å²) in [4.78, 5) is 21.6. The van der Waals surface area contributed by atoms with E-state index in [1.54, 1.807) is 18.3 Å². The van der Waals surface area contributed by atoms with Crippen LogP contribution >= 0.6 is 0 Å². The summed E-state index contributed by atoms with van der Waals surface area (Å²) < 4.78 is 0. The van der Waals surface area contributed by atoms with E-state index in [0.29, 0.717) is 23.8 Å². The molecule has 1 aliphatic rings. The second-order valence-electron chi connectivity index (χ2n) is 8.72. The Kier molecular flexibility index (Phi) is 6.27. The predicted molar refractivity (Wildman–Crippen MR) is 139 cm³/mol. The van der Waals surface area contributed by atoms with Crippen molar-refractivity contribution in [2.45, 2.75) is 26.7 Å². The lowest BCUT2D eigenvalue weighted by atomic mass is 10.1. The number of aromatic amines is 1. The smallest absolute Gasteiger partial charge is 0.255 e. The summed E-state index contributed by atoms with van der Waals surface area (Å²) >= 11 is 0. The quantitative estimate of drug-likeness (QED) is 0.350. The highest BCUT2D eigenvalue weighted by Crippen LogP contribution is 2.27. The molecule has 3 N–H and O–H groups in total. The van der Waals surface area contributed by atoms with Crippen molar-refractivity contribution in [2.24, 2.45) is 5.92 Å². The van der Waals surface area contributed by atoms with Crippen molar-refractivity contribution in [3.8, 4) is 11.8 Å². The third kappa shape index (κ3) is 5.56. The molecule has 0 aliphatic heterocycles. The minimum atomic E-state index is -0.208. The van der Waals surface area contributed by atoms with E-state index in [4.69, 9.17) is 0 Å². The zero-order valence-electron chi connectivity index (χ0n) is 19.7. The highest BCUT2D eigenvalue weighted by Gasteiger charge is 2.17. The molecule has 0 atom stereocenters. The van der Waals surface area contributed by atoms with Gasteiger partial charge in [0, 0.05) is 28.9 Å². The van der Waals surface area contributed by atoms with Crippen LogP contribution in [0.5, 0.6) is 0 Å². The lowest BCUT2D eigenvalue weighted by Crippen LogP contribution is -2.24. The molecule has 1 amide bonds. The molecule has 1 saturated carbocycles. The molecule has 4 aromatic rings. The van der Waals surface area contributed by atoms with E-state index >= 15 is 0 Å². The molecule has 0 bridgehead atoms. The maximum absolute atomic E-state index is 12.7. The van der Waals surface area contributed by atoms with Gasteiger partial charge in [0.15, 0.2) is 0 Å². The van der Waals surface area contributed by atoms with E-state index in [-0.39, 0.29) is 5.91 Å². The van der Waals surface area contributed by atoms with Gasteiger partial charge in [-0.15, -0.1) is 0 Å². The number of aryl methyl sites for hydroxylation is 2. The van der Waals surface area contributed by atoms with Crippen LogP contribution < -0.4 is 10.6 Å². The number of carbonyl (C=O) groups excluding carboxylic acids is 1. The van der Waals surface area contributed by atoms with Gasteiger partial charge in [0.2, 0.25) is 0 Å². The first kappa shape index (κ1) is 22.4. The van der Waals surface area contributed by atoms with Crippen LogP contribution in [-0.2, 0) is 0 Å². The van der Waals surface area contributed by atoms with Gasteiger partial charge >= 0.3 is 0 Å². The average Bonchev–Trinajstić information content (AvgIpc) is 3.58. The molecule has 7 nitrogen and oxygen atoms in total. The zero-order valence-corrected chi connectivity index (χ0v) is 19.7. The molecule has 0 unspecified atom stereocenters. The molecular weight excluding hydrogens is 436 g/mol. The molecule has 1 fully saturated rings.